The molecule has 1 aliphatic rings. The molecule has 1 heterocycles. The highest BCUT2D eigenvalue weighted by atomic mass is 16.6. The van der Waals surface area contributed by atoms with Crippen molar-refractivity contribution in [2.24, 2.45) is 0 Å². The summed E-state index contributed by atoms with van der Waals surface area (Å²) in [7, 11) is 0. The fourth-order valence-corrected chi connectivity index (χ4v) is 1.66. The minimum absolute atomic E-state index is 0.0918. The molecule has 0 aliphatic carbocycles. The first-order chi connectivity index (χ1) is 9.93. The summed E-state index contributed by atoms with van der Waals surface area (Å²) >= 11 is 0. The van der Waals surface area contributed by atoms with Crippen LogP contribution < -0.4 is 0 Å². The quantitative estimate of drug-likeness (QED) is 0.251. The van der Waals surface area contributed by atoms with Gasteiger partial charge in [-0.1, -0.05) is 6.58 Å². The summed E-state index contributed by atoms with van der Waals surface area (Å²) in [6, 6.07) is 0. The molecule has 0 aromatic rings. The summed E-state index contributed by atoms with van der Waals surface area (Å²) < 4.78 is 20.9. The van der Waals surface area contributed by atoms with Crippen LogP contribution in [0.25, 0.3) is 0 Å². The molecule has 2 unspecified atom stereocenters. The average molecular weight is 302 g/mol. The van der Waals surface area contributed by atoms with Gasteiger partial charge >= 0.3 is 5.97 Å². The van der Waals surface area contributed by atoms with E-state index < -0.39 is 12.1 Å². The van der Waals surface area contributed by atoms with E-state index in [1.807, 2.05) is 13.8 Å². The van der Waals surface area contributed by atoms with Crippen molar-refractivity contribution >= 4 is 5.97 Å². The maximum Gasteiger partial charge on any atom is 0.330 e. The lowest BCUT2D eigenvalue weighted by atomic mass is 10.0. The molecular weight excluding hydrogens is 276 g/mol. The van der Waals surface area contributed by atoms with Crippen LogP contribution in [0.3, 0.4) is 0 Å². The highest BCUT2D eigenvalue weighted by Crippen LogP contribution is 2.17. The van der Waals surface area contributed by atoms with Crippen LogP contribution in [0.1, 0.15) is 26.7 Å². The first kappa shape index (κ1) is 18.1. The molecule has 0 aromatic carbocycles. The van der Waals surface area contributed by atoms with Crippen LogP contribution in [0.4, 0.5) is 0 Å². The van der Waals surface area contributed by atoms with Crippen molar-refractivity contribution in [2.45, 2.75) is 44.5 Å². The molecule has 0 amide bonds. The van der Waals surface area contributed by atoms with E-state index in [1.54, 1.807) is 0 Å². The maximum atomic E-state index is 10.9. The van der Waals surface area contributed by atoms with Crippen molar-refractivity contribution in [1.82, 2.24) is 0 Å². The first-order valence-electron chi connectivity index (χ1n) is 7.23. The molecular formula is C15H26O6. The van der Waals surface area contributed by atoms with Crippen molar-refractivity contribution in [3.63, 3.8) is 0 Å². The Hall–Kier alpha value is -0.950. The number of carbonyl (C=O) groups is 1. The normalized spacial score (nSPS) is 19.1. The molecule has 0 saturated carbocycles. The maximum absolute atomic E-state index is 10.9. The minimum Gasteiger partial charge on any atom is -0.460 e. The molecule has 0 aromatic heterocycles. The number of hydrogen-bond donors (Lipinski definition) is 1. The van der Waals surface area contributed by atoms with Crippen LogP contribution in [-0.2, 0) is 23.7 Å². The average Bonchev–Trinajstić information content (AvgIpc) is 3.26. The number of hydrogen-bond acceptors (Lipinski definition) is 6. The Morgan fingerprint density at radius 1 is 1.52 bits per heavy atom. The summed E-state index contributed by atoms with van der Waals surface area (Å²) in [5, 5.41) is 9.66. The number of rotatable bonds is 12. The molecule has 0 radical (unpaired) electrons. The molecule has 122 valence electrons. The van der Waals surface area contributed by atoms with Crippen LogP contribution in [0, 0.1) is 0 Å². The van der Waals surface area contributed by atoms with Crippen LogP contribution in [-0.4, -0.2) is 61.9 Å². The van der Waals surface area contributed by atoms with Crippen LogP contribution in [0.5, 0.6) is 0 Å². The van der Waals surface area contributed by atoms with Gasteiger partial charge in [0.15, 0.2) is 0 Å². The van der Waals surface area contributed by atoms with Crippen LogP contribution in [0.15, 0.2) is 12.7 Å². The number of ether oxygens (including phenoxy) is 4. The molecule has 0 spiro atoms. The van der Waals surface area contributed by atoms with Gasteiger partial charge in [0.25, 0.3) is 0 Å². The van der Waals surface area contributed by atoms with Gasteiger partial charge in [0.2, 0.25) is 0 Å². The predicted octanol–water partition coefficient (Wildman–Crippen LogP) is 1.07. The number of aliphatic hydroxyl groups is 1. The summed E-state index contributed by atoms with van der Waals surface area (Å²) in [5.41, 5.74) is -0.358. The third-order valence-electron chi connectivity index (χ3n) is 3.02. The largest absolute Gasteiger partial charge is 0.460 e. The van der Waals surface area contributed by atoms with Crippen LogP contribution in [0.2, 0.25) is 0 Å². The Balaban J connectivity index is 2.03. The highest BCUT2D eigenvalue weighted by Gasteiger charge is 2.23. The highest BCUT2D eigenvalue weighted by molar-refractivity contribution is 5.81. The fraction of sp³-hybridized carbons (Fsp3) is 0.800. The molecule has 1 N–H and O–H groups in total. The smallest absolute Gasteiger partial charge is 0.330 e. The number of esters is 1. The second-order valence-corrected chi connectivity index (χ2v) is 5.69. The number of epoxide rings is 1. The van der Waals surface area contributed by atoms with Crippen molar-refractivity contribution in [3.05, 3.63) is 12.7 Å². The SMILES string of the molecule is C=CC(=O)OCC(O)COC(C)(C)CCCOCC1CO1. The molecule has 1 fully saturated rings. The zero-order chi connectivity index (χ0) is 15.7. The van der Waals surface area contributed by atoms with E-state index >= 15 is 0 Å². The predicted molar refractivity (Wildman–Crippen MR) is 77.0 cm³/mol. The molecule has 1 rings (SSSR count). The van der Waals surface area contributed by atoms with Gasteiger partial charge in [0.1, 0.15) is 18.8 Å². The van der Waals surface area contributed by atoms with E-state index in [4.69, 9.17) is 18.9 Å². The van der Waals surface area contributed by atoms with Crippen molar-refractivity contribution in [2.75, 3.05) is 33.0 Å². The molecule has 21 heavy (non-hydrogen) atoms. The lowest BCUT2D eigenvalue weighted by Crippen LogP contribution is -2.32. The molecule has 1 aliphatic heterocycles. The van der Waals surface area contributed by atoms with Gasteiger partial charge in [0, 0.05) is 12.7 Å². The Kier molecular flexibility index (Phi) is 7.88. The van der Waals surface area contributed by atoms with Gasteiger partial charge in [-0.15, -0.1) is 0 Å². The fourth-order valence-electron chi connectivity index (χ4n) is 1.66. The summed E-state index contributed by atoms with van der Waals surface area (Å²) in [6.45, 7) is 9.37. The second kappa shape index (κ2) is 9.15. The summed E-state index contributed by atoms with van der Waals surface area (Å²) in [4.78, 5) is 10.9. The second-order valence-electron chi connectivity index (χ2n) is 5.69. The molecule has 0 bridgehead atoms. The Labute approximate surface area is 126 Å². The van der Waals surface area contributed by atoms with Crippen molar-refractivity contribution < 1.29 is 28.8 Å². The van der Waals surface area contributed by atoms with E-state index in [-0.39, 0.29) is 18.8 Å². The van der Waals surface area contributed by atoms with E-state index in [2.05, 4.69) is 6.58 Å². The lowest BCUT2D eigenvalue weighted by Gasteiger charge is -2.26. The van der Waals surface area contributed by atoms with Gasteiger partial charge in [-0.25, -0.2) is 4.79 Å². The number of aliphatic hydroxyl groups excluding tert-OH is 1. The monoisotopic (exact) mass is 302 g/mol. The third-order valence-corrected chi connectivity index (χ3v) is 3.02. The van der Waals surface area contributed by atoms with E-state index in [0.717, 1.165) is 25.5 Å². The Bertz CT molecular complexity index is 324. The molecule has 2 atom stereocenters. The minimum atomic E-state index is -0.837. The Morgan fingerprint density at radius 3 is 2.86 bits per heavy atom. The summed E-state index contributed by atoms with van der Waals surface area (Å²) in [5.74, 6) is -0.551. The van der Waals surface area contributed by atoms with Crippen molar-refractivity contribution in [3.8, 4) is 0 Å². The molecule has 6 nitrogen and oxygen atoms in total. The lowest BCUT2D eigenvalue weighted by molar-refractivity contribution is -0.143. The van der Waals surface area contributed by atoms with E-state index in [0.29, 0.717) is 19.3 Å². The Morgan fingerprint density at radius 2 is 2.24 bits per heavy atom. The van der Waals surface area contributed by atoms with Gasteiger partial charge in [-0.3, -0.25) is 0 Å². The zero-order valence-corrected chi connectivity index (χ0v) is 12.9. The van der Waals surface area contributed by atoms with E-state index in [9.17, 15) is 9.90 Å². The third kappa shape index (κ3) is 9.57. The standard InChI is InChI=1S/C15H26O6/c1-4-14(17)20-8-12(16)9-21-15(2,3)6-5-7-18-10-13-11-19-13/h4,12-13,16H,1,5-11H2,2-3H3. The van der Waals surface area contributed by atoms with Crippen LogP contribution >= 0.6 is 0 Å². The van der Waals surface area contributed by atoms with E-state index in [1.165, 1.54) is 0 Å². The molecule has 6 heteroatoms. The van der Waals surface area contributed by atoms with Gasteiger partial charge in [-0.05, 0) is 26.7 Å². The van der Waals surface area contributed by atoms with Crippen molar-refractivity contribution in [1.29, 1.82) is 0 Å². The first-order valence-corrected chi connectivity index (χ1v) is 7.23. The van der Waals surface area contributed by atoms with Gasteiger partial charge < -0.3 is 24.1 Å². The summed E-state index contributed by atoms with van der Waals surface area (Å²) in [6.07, 6.45) is 2.21. The zero-order valence-electron chi connectivity index (χ0n) is 12.9. The molecule has 1 saturated heterocycles. The van der Waals surface area contributed by atoms with Gasteiger partial charge in [-0.2, -0.15) is 0 Å². The number of carbonyl (C=O) groups excluding carboxylic acids is 1. The topological polar surface area (TPSA) is 77.5 Å². The van der Waals surface area contributed by atoms with Gasteiger partial charge in [0.05, 0.1) is 25.4 Å².